The first-order valence-electron chi connectivity index (χ1n) is 2.49. The summed E-state index contributed by atoms with van der Waals surface area (Å²) in [4.78, 5) is 0. The van der Waals surface area contributed by atoms with Gasteiger partial charge >= 0.3 is 0 Å². The highest BCUT2D eigenvalue weighted by atomic mass is 32.2. The van der Waals surface area contributed by atoms with Gasteiger partial charge in [-0.3, -0.25) is 0 Å². The van der Waals surface area contributed by atoms with Gasteiger partial charge < -0.3 is 5.73 Å². The normalized spacial score (nSPS) is 21.8. The Hall–Kier alpha value is -0.750. The van der Waals surface area contributed by atoms with Gasteiger partial charge in [-0.25, -0.2) is 9.82 Å². The molecule has 6 heteroatoms. The van der Waals surface area contributed by atoms with E-state index in [0.29, 0.717) is 0 Å². The van der Waals surface area contributed by atoms with Gasteiger partial charge in [0.1, 0.15) is 0 Å². The summed E-state index contributed by atoms with van der Waals surface area (Å²) in [6.07, 6.45) is 3.52. The fourth-order valence-corrected chi connectivity index (χ4v) is 1.26. The van der Waals surface area contributed by atoms with Crippen LogP contribution in [0.5, 0.6) is 0 Å². The van der Waals surface area contributed by atoms with Gasteiger partial charge in [-0.2, -0.15) is 0 Å². The molecule has 54 valence electrons. The summed E-state index contributed by atoms with van der Waals surface area (Å²) in [6.45, 7) is 0. The molecule has 0 fully saturated rings. The van der Waals surface area contributed by atoms with Crippen molar-refractivity contribution in [2.75, 3.05) is 0 Å². The molecular weight excluding hydrogens is 168 g/mol. The van der Waals surface area contributed by atoms with Crippen LogP contribution in [0, 0.1) is 0 Å². The Bertz CT molecular complexity index is 215. The van der Waals surface area contributed by atoms with Gasteiger partial charge in [0, 0.05) is 11.6 Å². The maximum absolute atomic E-state index is 5.13. The maximum Gasteiger partial charge on any atom is 0.184 e. The molecule has 0 aromatic heterocycles. The first-order chi connectivity index (χ1) is 4.79. The van der Waals surface area contributed by atoms with Crippen LogP contribution in [0.25, 0.3) is 0 Å². The maximum atomic E-state index is 5.13. The average molecular weight is 174 g/mol. The molecule has 1 aliphatic heterocycles. The summed E-state index contributed by atoms with van der Waals surface area (Å²) in [7, 11) is -0.413. The molecular formula is C4H6N4S2. The lowest BCUT2D eigenvalue weighted by atomic mass is 10.7. The van der Waals surface area contributed by atoms with Gasteiger partial charge in [-0.15, -0.1) is 4.47 Å². The van der Waals surface area contributed by atoms with Crippen LogP contribution >= 0.6 is 12.2 Å². The van der Waals surface area contributed by atoms with Gasteiger partial charge in [-0.1, -0.05) is 0 Å². The van der Waals surface area contributed by atoms with Gasteiger partial charge in [0.15, 0.2) is 5.11 Å². The van der Waals surface area contributed by atoms with Gasteiger partial charge in [0.05, 0.1) is 10.9 Å². The predicted octanol–water partition coefficient (Wildman–Crippen LogP) is 0.0496. The predicted molar refractivity (Wildman–Crippen MR) is 47.3 cm³/mol. The van der Waals surface area contributed by atoms with E-state index in [9.17, 15) is 0 Å². The lowest BCUT2D eigenvalue weighted by Gasteiger charge is -1.93. The van der Waals surface area contributed by atoms with Crippen molar-refractivity contribution < 1.29 is 0 Å². The second-order valence-electron chi connectivity index (χ2n) is 1.44. The Morgan fingerprint density at radius 3 is 3.10 bits per heavy atom. The number of rotatable bonds is 1. The molecule has 10 heavy (non-hydrogen) atoms. The van der Waals surface area contributed by atoms with E-state index in [2.05, 4.69) is 26.5 Å². The van der Waals surface area contributed by atoms with E-state index in [4.69, 9.17) is 5.73 Å². The lowest BCUT2D eigenvalue weighted by molar-refractivity contribution is 1.06. The van der Waals surface area contributed by atoms with E-state index >= 15 is 0 Å². The van der Waals surface area contributed by atoms with Gasteiger partial charge in [0.25, 0.3) is 0 Å². The average Bonchev–Trinajstić information content (AvgIpc) is 2.34. The minimum Gasteiger partial charge on any atom is -0.375 e. The van der Waals surface area contributed by atoms with Crippen LogP contribution in [0.2, 0.25) is 0 Å². The summed E-state index contributed by atoms with van der Waals surface area (Å²) < 4.78 is 7.80. The van der Waals surface area contributed by atoms with Gasteiger partial charge in [-0.05, 0) is 18.3 Å². The molecule has 0 aromatic rings. The molecule has 0 amide bonds. The molecule has 1 rings (SSSR count). The molecule has 0 saturated heterocycles. The summed E-state index contributed by atoms with van der Waals surface area (Å²) in [5, 5.41) is 2.02. The minimum atomic E-state index is -0.413. The summed E-state index contributed by atoms with van der Waals surface area (Å²) in [5.74, 6) is 0. The number of allylic oxidation sites excluding steroid dienone is 1. The second kappa shape index (κ2) is 3.43. The number of nitrogens with one attached hydrogen (secondary N) is 1. The number of thiocarbonyl (C=S) groups is 1. The lowest BCUT2D eigenvalue weighted by Crippen LogP contribution is -2.24. The molecule has 1 atom stereocenters. The zero-order valence-corrected chi connectivity index (χ0v) is 6.65. The van der Waals surface area contributed by atoms with Crippen molar-refractivity contribution >= 4 is 34.4 Å². The fraction of sp³-hybridized carbons (Fsp3) is 0. The largest absolute Gasteiger partial charge is 0.375 e. The zero-order chi connectivity index (χ0) is 7.40. The van der Waals surface area contributed by atoms with Crippen molar-refractivity contribution in [2.24, 2.45) is 14.6 Å². The molecule has 0 aromatic carbocycles. The SMILES string of the molecule is NC(=S)N/N=S1\C=CC=N1. The first-order valence-corrected chi connectivity index (χ1v) is 4.10. The molecule has 0 radical (unpaired) electrons. The van der Waals surface area contributed by atoms with Gasteiger partial charge in [0.2, 0.25) is 0 Å². The molecule has 0 spiro atoms. The molecule has 0 saturated carbocycles. The van der Waals surface area contributed by atoms with E-state index in [1.54, 1.807) is 6.21 Å². The van der Waals surface area contributed by atoms with Crippen LogP contribution in [0.15, 0.2) is 20.4 Å². The monoisotopic (exact) mass is 174 g/mol. The Balaban J connectivity index is 2.48. The highest BCUT2D eigenvalue weighted by Gasteiger charge is 1.90. The van der Waals surface area contributed by atoms with E-state index in [1.807, 2.05) is 11.5 Å². The Kier molecular flexibility index (Phi) is 2.52. The van der Waals surface area contributed by atoms with Crippen LogP contribution in [0.3, 0.4) is 0 Å². The molecule has 3 N–H and O–H groups in total. The van der Waals surface area contributed by atoms with Crippen molar-refractivity contribution in [1.29, 1.82) is 0 Å². The number of hydrogen-bond donors (Lipinski definition) is 2. The molecule has 0 aliphatic carbocycles. The van der Waals surface area contributed by atoms with Crippen molar-refractivity contribution in [3.05, 3.63) is 11.5 Å². The summed E-state index contributed by atoms with van der Waals surface area (Å²) >= 11 is 4.53. The third-order valence-electron chi connectivity index (χ3n) is 0.705. The Morgan fingerprint density at radius 2 is 2.60 bits per heavy atom. The molecule has 1 aliphatic rings. The minimum absolute atomic E-state index is 0.169. The third kappa shape index (κ3) is 2.24. The van der Waals surface area contributed by atoms with Crippen molar-refractivity contribution in [2.45, 2.75) is 0 Å². The fourth-order valence-electron chi connectivity index (χ4n) is 0.384. The topological polar surface area (TPSA) is 62.8 Å². The van der Waals surface area contributed by atoms with Crippen molar-refractivity contribution in [3.8, 4) is 0 Å². The van der Waals surface area contributed by atoms with Crippen LogP contribution < -0.4 is 11.2 Å². The molecule has 4 nitrogen and oxygen atoms in total. The van der Waals surface area contributed by atoms with Crippen LogP contribution in [0.4, 0.5) is 0 Å². The third-order valence-corrected chi connectivity index (χ3v) is 1.81. The van der Waals surface area contributed by atoms with Crippen molar-refractivity contribution in [3.63, 3.8) is 0 Å². The number of nitrogens with zero attached hydrogens (tertiary/aromatic N) is 2. The van der Waals surface area contributed by atoms with Crippen molar-refractivity contribution in [1.82, 2.24) is 5.43 Å². The standard InChI is InChI=1S/C4H6N4S2/c5-4(9)7-8-10-3-1-2-6-10/h1-3H,(H3,5,7,9). The molecule has 0 bridgehead atoms. The highest BCUT2D eigenvalue weighted by Crippen LogP contribution is 1.96. The quantitative estimate of drug-likeness (QED) is 0.436. The Morgan fingerprint density at radius 1 is 1.80 bits per heavy atom. The number of hydrogen-bond acceptors (Lipinski definition) is 2. The smallest absolute Gasteiger partial charge is 0.184 e. The van der Waals surface area contributed by atoms with Crippen LogP contribution in [0.1, 0.15) is 0 Å². The van der Waals surface area contributed by atoms with E-state index in [-0.39, 0.29) is 5.11 Å². The van der Waals surface area contributed by atoms with E-state index in [0.717, 1.165) is 0 Å². The van der Waals surface area contributed by atoms with E-state index in [1.165, 1.54) is 0 Å². The zero-order valence-electron chi connectivity index (χ0n) is 5.02. The highest BCUT2D eigenvalue weighted by molar-refractivity contribution is 7.89. The van der Waals surface area contributed by atoms with Crippen LogP contribution in [-0.4, -0.2) is 11.3 Å². The van der Waals surface area contributed by atoms with Crippen LogP contribution in [-0.2, 0) is 10.9 Å². The Labute approximate surface area is 66.4 Å². The molecule has 1 unspecified atom stereocenters. The first kappa shape index (κ1) is 7.36. The second-order valence-corrected chi connectivity index (χ2v) is 3.13. The number of nitrogens with two attached hydrogens (primary N) is 1. The summed E-state index contributed by atoms with van der Waals surface area (Å²) in [5.41, 5.74) is 7.59. The van der Waals surface area contributed by atoms with E-state index < -0.39 is 10.9 Å². The summed E-state index contributed by atoms with van der Waals surface area (Å²) in [6, 6.07) is 0. The molecule has 1 heterocycles.